The van der Waals surface area contributed by atoms with Gasteiger partial charge in [-0.25, -0.2) is 9.98 Å². The number of aliphatic hydroxyl groups is 2. The molecular formula is C26H28N4O2. The van der Waals surface area contributed by atoms with Crippen molar-refractivity contribution in [3.8, 4) is 0 Å². The van der Waals surface area contributed by atoms with Crippen LogP contribution in [0.25, 0.3) is 5.57 Å². The molecule has 2 aromatic carbocycles. The fourth-order valence-corrected chi connectivity index (χ4v) is 6.01. The van der Waals surface area contributed by atoms with Gasteiger partial charge in [0.1, 0.15) is 24.4 Å². The standard InChI is InChI=1S/C26H28N4O2/c1-15-8-10-18(11-9-15)29-24-21-19(17-6-4-3-5-7-17)13-30(25(21)28-14-27-24)26-12-20(26)16(2)22(31)23(26)32/h3-11,13-14,16,20-23,25,31-32H,12H2,1-2H3,(H,27,28,29)/t16-,20-,21?,22-,23?,25?,26+/m0/s1. The van der Waals surface area contributed by atoms with Crippen molar-refractivity contribution in [1.82, 2.24) is 4.90 Å². The molecule has 0 amide bonds. The van der Waals surface area contributed by atoms with Crippen LogP contribution in [-0.4, -0.2) is 51.2 Å². The van der Waals surface area contributed by atoms with Gasteiger partial charge < -0.3 is 20.4 Å². The first-order chi connectivity index (χ1) is 15.5. The Kier molecular flexibility index (Phi) is 4.32. The molecule has 2 aliphatic heterocycles. The van der Waals surface area contributed by atoms with E-state index in [0.29, 0.717) is 0 Å². The number of nitrogens with one attached hydrogen (secondary N) is 1. The molecule has 6 nitrogen and oxygen atoms in total. The molecule has 2 saturated carbocycles. The van der Waals surface area contributed by atoms with Crippen molar-refractivity contribution in [3.05, 3.63) is 71.9 Å². The summed E-state index contributed by atoms with van der Waals surface area (Å²) in [5.41, 5.74) is 3.99. The maximum absolute atomic E-state index is 11.0. The first-order valence-electron chi connectivity index (χ1n) is 11.4. The van der Waals surface area contributed by atoms with E-state index in [1.165, 1.54) is 5.56 Å². The van der Waals surface area contributed by atoms with Gasteiger partial charge in [-0.05, 0) is 48.4 Å². The van der Waals surface area contributed by atoms with Gasteiger partial charge in [0.25, 0.3) is 0 Å². The summed E-state index contributed by atoms with van der Waals surface area (Å²) in [6.07, 6.45) is 2.98. The van der Waals surface area contributed by atoms with Gasteiger partial charge in [0, 0.05) is 11.9 Å². The number of nitrogens with zero attached hydrogens (tertiary/aromatic N) is 3. The van der Waals surface area contributed by atoms with Crippen LogP contribution < -0.4 is 5.32 Å². The molecule has 3 N–H and O–H groups in total. The molecule has 2 aliphatic carbocycles. The Bertz CT molecular complexity index is 1120. The van der Waals surface area contributed by atoms with Crippen LogP contribution in [0.5, 0.6) is 0 Å². The summed E-state index contributed by atoms with van der Waals surface area (Å²) < 4.78 is 0. The highest BCUT2D eigenvalue weighted by molar-refractivity contribution is 6.09. The highest BCUT2D eigenvalue weighted by atomic mass is 16.3. The average Bonchev–Trinajstić information content (AvgIpc) is 3.39. The third-order valence-corrected chi connectivity index (χ3v) is 7.86. The number of benzene rings is 2. The van der Waals surface area contributed by atoms with E-state index in [9.17, 15) is 10.2 Å². The smallest absolute Gasteiger partial charge is 0.137 e. The minimum Gasteiger partial charge on any atom is -0.390 e. The quantitative estimate of drug-likeness (QED) is 0.701. The lowest BCUT2D eigenvalue weighted by Gasteiger charge is -2.37. The molecular weight excluding hydrogens is 400 g/mol. The van der Waals surface area contributed by atoms with Gasteiger partial charge in [-0.3, -0.25) is 0 Å². The van der Waals surface area contributed by atoms with Gasteiger partial charge in [-0.2, -0.15) is 0 Å². The SMILES string of the molecule is Cc1ccc(NC2=NC=NC3C2C(c2ccccc2)=CN3[C@]23C[C@H]2[C@H](C)[C@H](O)C3O)cc1. The summed E-state index contributed by atoms with van der Waals surface area (Å²) in [6, 6.07) is 18.6. The zero-order chi connectivity index (χ0) is 22.0. The van der Waals surface area contributed by atoms with Crippen molar-refractivity contribution in [2.24, 2.45) is 27.7 Å². The topological polar surface area (TPSA) is 80.5 Å². The molecule has 0 saturated heterocycles. The highest BCUT2D eigenvalue weighted by Gasteiger charge is 2.74. The Morgan fingerprint density at radius 3 is 2.50 bits per heavy atom. The maximum Gasteiger partial charge on any atom is 0.137 e. The molecule has 0 bridgehead atoms. The minimum absolute atomic E-state index is 0.0732. The normalized spacial score (nSPS) is 36.9. The number of amidine groups is 1. The van der Waals surface area contributed by atoms with E-state index < -0.39 is 17.7 Å². The molecule has 164 valence electrons. The van der Waals surface area contributed by atoms with Gasteiger partial charge in [0.15, 0.2) is 0 Å². The Morgan fingerprint density at radius 1 is 1.06 bits per heavy atom. The Morgan fingerprint density at radius 2 is 1.81 bits per heavy atom. The van der Waals surface area contributed by atoms with Crippen LogP contribution in [0.2, 0.25) is 0 Å². The van der Waals surface area contributed by atoms with Crippen molar-refractivity contribution in [2.75, 3.05) is 5.32 Å². The van der Waals surface area contributed by atoms with E-state index in [0.717, 1.165) is 29.1 Å². The summed E-state index contributed by atoms with van der Waals surface area (Å²) >= 11 is 0. The summed E-state index contributed by atoms with van der Waals surface area (Å²) in [7, 11) is 0. The molecule has 2 heterocycles. The zero-order valence-electron chi connectivity index (χ0n) is 18.3. The first-order valence-corrected chi connectivity index (χ1v) is 11.4. The van der Waals surface area contributed by atoms with Crippen molar-refractivity contribution < 1.29 is 10.2 Å². The maximum atomic E-state index is 11.0. The molecule has 2 aromatic rings. The van der Waals surface area contributed by atoms with Crippen LogP contribution in [-0.2, 0) is 0 Å². The predicted molar refractivity (Wildman–Crippen MR) is 126 cm³/mol. The molecule has 3 unspecified atom stereocenters. The van der Waals surface area contributed by atoms with Crippen molar-refractivity contribution in [1.29, 1.82) is 0 Å². The Hall–Kier alpha value is -2.96. The zero-order valence-corrected chi connectivity index (χ0v) is 18.3. The van der Waals surface area contributed by atoms with E-state index in [1.807, 2.05) is 25.1 Å². The number of aliphatic hydroxyl groups excluding tert-OH is 2. The van der Waals surface area contributed by atoms with E-state index in [-0.39, 0.29) is 23.9 Å². The van der Waals surface area contributed by atoms with Crippen LogP contribution in [0, 0.1) is 24.7 Å². The van der Waals surface area contributed by atoms with Gasteiger partial charge in [0.2, 0.25) is 0 Å². The molecule has 6 rings (SSSR count). The number of hydrogen-bond acceptors (Lipinski definition) is 6. The average molecular weight is 429 g/mol. The molecule has 0 radical (unpaired) electrons. The number of hydrogen-bond donors (Lipinski definition) is 3. The lowest BCUT2D eigenvalue weighted by Crippen LogP contribution is -2.51. The predicted octanol–water partition coefficient (Wildman–Crippen LogP) is 3.28. The van der Waals surface area contributed by atoms with Gasteiger partial charge in [-0.15, -0.1) is 0 Å². The Balaban J connectivity index is 1.40. The molecule has 7 atom stereocenters. The Labute approximate surface area is 188 Å². The van der Waals surface area contributed by atoms with Crippen molar-refractivity contribution in [3.63, 3.8) is 0 Å². The largest absolute Gasteiger partial charge is 0.390 e. The third-order valence-electron chi connectivity index (χ3n) is 7.86. The molecule has 6 heteroatoms. The molecule has 2 fully saturated rings. The minimum atomic E-state index is -0.780. The van der Waals surface area contributed by atoms with E-state index in [2.05, 4.69) is 64.7 Å². The molecule has 32 heavy (non-hydrogen) atoms. The van der Waals surface area contributed by atoms with Crippen LogP contribution in [0.4, 0.5) is 5.69 Å². The molecule has 0 aromatic heterocycles. The van der Waals surface area contributed by atoms with Crippen molar-refractivity contribution in [2.45, 2.75) is 44.2 Å². The molecule has 4 aliphatic rings. The second-order valence-electron chi connectivity index (χ2n) is 9.62. The van der Waals surface area contributed by atoms with E-state index in [4.69, 9.17) is 4.99 Å². The third kappa shape index (κ3) is 2.72. The first kappa shape index (κ1) is 19.7. The number of fused-ring (bicyclic) bond motifs is 2. The molecule has 0 spiro atoms. The van der Waals surface area contributed by atoms with Gasteiger partial charge in [-0.1, -0.05) is 55.0 Å². The second kappa shape index (κ2) is 7.02. The summed E-state index contributed by atoms with van der Waals surface area (Å²) in [4.78, 5) is 11.7. The number of aryl methyl sites for hydroxylation is 1. The van der Waals surface area contributed by atoms with Crippen LogP contribution in [0.15, 0.2) is 70.8 Å². The summed E-state index contributed by atoms with van der Waals surface area (Å²) in [5, 5.41) is 25.1. The van der Waals surface area contributed by atoms with Crippen LogP contribution in [0.3, 0.4) is 0 Å². The number of rotatable bonds is 3. The van der Waals surface area contributed by atoms with Crippen LogP contribution in [0.1, 0.15) is 24.5 Å². The van der Waals surface area contributed by atoms with Crippen LogP contribution >= 0.6 is 0 Å². The lowest BCUT2D eigenvalue weighted by atomic mass is 9.91. The fraction of sp³-hybridized carbons (Fsp3) is 0.385. The number of anilines is 1. The monoisotopic (exact) mass is 428 g/mol. The van der Waals surface area contributed by atoms with Gasteiger partial charge >= 0.3 is 0 Å². The number of aliphatic imine (C=N–C) groups is 2. The summed E-state index contributed by atoms with van der Waals surface area (Å²) in [5.74, 6) is 1.10. The van der Waals surface area contributed by atoms with E-state index in [1.54, 1.807) is 6.34 Å². The van der Waals surface area contributed by atoms with E-state index >= 15 is 0 Å². The fourth-order valence-electron chi connectivity index (χ4n) is 6.01. The van der Waals surface area contributed by atoms with Crippen molar-refractivity contribution >= 4 is 23.4 Å². The van der Waals surface area contributed by atoms with Gasteiger partial charge in [0.05, 0.1) is 17.6 Å². The highest BCUT2D eigenvalue weighted by Crippen LogP contribution is 2.64. The second-order valence-corrected chi connectivity index (χ2v) is 9.62. The summed E-state index contributed by atoms with van der Waals surface area (Å²) in [6.45, 7) is 4.11. The lowest BCUT2D eigenvalue weighted by molar-refractivity contribution is -0.0324.